The van der Waals surface area contributed by atoms with E-state index in [9.17, 15) is 0 Å². The van der Waals surface area contributed by atoms with Gasteiger partial charge in [-0.15, -0.1) is 0 Å². The molecule has 0 aliphatic heterocycles. The molecule has 4 rings (SSSR count). The van der Waals surface area contributed by atoms with Crippen molar-refractivity contribution >= 4 is 32.6 Å². The van der Waals surface area contributed by atoms with Gasteiger partial charge in [-0.05, 0) is 44.0 Å². The molecule has 0 amide bonds. The lowest BCUT2D eigenvalue weighted by molar-refractivity contribution is 0.285. The van der Waals surface area contributed by atoms with Crippen LogP contribution in [0.5, 0.6) is 11.8 Å². The monoisotopic (exact) mass is 335 g/mol. The molecule has 0 fully saturated rings. The largest absolute Gasteiger partial charge is 0.477 e. The van der Waals surface area contributed by atoms with E-state index in [1.54, 1.807) is 0 Å². The fourth-order valence-electron chi connectivity index (χ4n) is 3.21. The molecule has 2 aromatic heterocycles. The van der Waals surface area contributed by atoms with Crippen LogP contribution in [0.25, 0.3) is 32.6 Å². The molecule has 5 nitrogen and oxygen atoms in total. The molecule has 0 radical (unpaired) electrons. The van der Waals surface area contributed by atoms with E-state index in [1.807, 2.05) is 31.2 Å². The lowest BCUT2D eigenvalue weighted by Gasteiger charge is -2.16. The number of nitrogens with zero attached hydrogens (tertiary/aromatic N) is 3. The van der Waals surface area contributed by atoms with Crippen LogP contribution in [-0.2, 0) is 0 Å². The fraction of sp³-hybridized carbons (Fsp3) is 0.350. The van der Waals surface area contributed by atoms with Crippen molar-refractivity contribution in [2.24, 2.45) is 0 Å². The molecule has 0 unspecified atom stereocenters. The average molecular weight is 335 g/mol. The smallest absolute Gasteiger partial charge is 0.224 e. The molecule has 4 aromatic rings. The Hall–Kier alpha value is -2.69. The Labute approximate surface area is 146 Å². The highest BCUT2D eigenvalue weighted by molar-refractivity contribution is 6.23. The van der Waals surface area contributed by atoms with Gasteiger partial charge in [-0.1, -0.05) is 13.8 Å². The molecule has 5 heteroatoms. The van der Waals surface area contributed by atoms with E-state index >= 15 is 0 Å². The second kappa shape index (κ2) is 6.31. The van der Waals surface area contributed by atoms with Gasteiger partial charge in [0.25, 0.3) is 0 Å². The quantitative estimate of drug-likeness (QED) is 0.480. The molecule has 0 aliphatic rings. The maximum absolute atomic E-state index is 5.92. The van der Waals surface area contributed by atoms with Gasteiger partial charge >= 0.3 is 0 Å². The standard InChI is InChI=1S/C20H21N3O2/c1-4-10-24-19-13-6-8-15-18-16(22-12(3)21-15)9-7-14(17(13)18)20(23-19)25-11-5-2/h6-9H,4-5,10-11H2,1-3H3. The van der Waals surface area contributed by atoms with Crippen LogP contribution in [0.4, 0.5) is 0 Å². The van der Waals surface area contributed by atoms with Crippen LogP contribution in [0.3, 0.4) is 0 Å². The van der Waals surface area contributed by atoms with Crippen LogP contribution in [0.15, 0.2) is 24.3 Å². The summed E-state index contributed by atoms with van der Waals surface area (Å²) in [7, 11) is 0. The Morgan fingerprint density at radius 1 is 0.720 bits per heavy atom. The summed E-state index contributed by atoms with van der Waals surface area (Å²) in [6.45, 7) is 7.34. The number of ether oxygens (including phenoxy) is 2. The molecule has 0 N–H and O–H groups in total. The first-order chi connectivity index (χ1) is 12.2. The van der Waals surface area contributed by atoms with Crippen molar-refractivity contribution in [1.29, 1.82) is 0 Å². The van der Waals surface area contributed by atoms with Gasteiger partial charge in [0.15, 0.2) is 0 Å². The number of aryl methyl sites for hydroxylation is 1. The lowest BCUT2D eigenvalue weighted by atomic mass is 10.00. The van der Waals surface area contributed by atoms with Gasteiger partial charge in [-0.25, -0.2) is 9.97 Å². The van der Waals surface area contributed by atoms with Crippen molar-refractivity contribution < 1.29 is 9.47 Å². The normalized spacial score (nSPS) is 11.6. The summed E-state index contributed by atoms with van der Waals surface area (Å²) in [5, 5.41) is 4.09. The molecule has 25 heavy (non-hydrogen) atoms. The van der Waals surface area contributed by atoms with Gasteiger partial charge < -0.3 is 9.47 Å². The summed E-state index contributed by atoms with van der Waals surface area (Å²) < 4.78 is 11.8. The highest BCUT2D eigenvalue weighted by Crippen LogP contribution is 2.40. The van der Waals surface area contributed by atoms with Crippen LogP contribution < -0.4 is 9.47 Å². The zero-order valence-electron chi connectivity index (χ0n) is 14.8. The minimum absolute atomic E-state index is 0.621. The molecule has 0 saturated carbocycles. The third kappa shape index (κ3) is 2.60. The van der Waals surface area contributed by atoms with Crippen LogP contribution >= 0.6 is 0 Å². The Morgan fingerprint density at radius 2 is 1.24 bits per heavy atom. The van der Waals surface area contributed by atoms with Crippen LogP contribution in [0, 0.1) is 6.92 Å². The SMILES string of the molecule is CCCOc1nc(OCCC)c2ccc3nc(C)nc4ccc1c2c43. The summed E-state index contributed by atoms with van der Waals surface area (Å²) in [4.78, 5) is 13.9. The van der Waals surface area contributed by atoms with E-state index in [1.165, 1.54) is 0 Å². The van der Waals surface area contributed by atoms with E-state index in [0.717, 1.165) is 51.2 Å². The average Bonchev–Trinajstić information content (AvgIpc) is 2.62. The molecule has 0 saturated heterocycles. The first-order valence-electron chi connectivity index (χ1n) is 8.81. The Kier molecular flexibility index (Phi) is 3.99. The lowest BCUT2D eigenvalue weighted by Crippen LogP contribution is -2.04. The maximum Gasteiger partial charge on any atom is 0.224 e. The number of benzene rings is 2. The second-order valence-electron chi connectivity index (χ2n) is 6.20. The Morgan fingerprint density at radius 3 is 1.72 bits per heavy atom. The van der Waals surface area contributed by atoms with Crippen LogP contribution in [-0.4, -0.2) is 28.2 Å². The second-order valence-corrected chi connectivity index (χ2v) is 6.20. The van der Waals surface area contributed by atoms with Gasteiger partial charge in [0.2, 0.25) is 11.8 Å². The van der Waals surface area contributed by atoms with Crippen molar-refractivity contribution in [2.45, 2.75) is 33.6 Å². The summed E-state index contributed by atoms with van der Waals surface area (Å²) in [5.41, 5.74) is 1.88. The van der Waals surface area contributed by atoms with E-state index in [2.05, 4.69) is 28.8 Å². The van der Waals surface area contributed by atoms with E-state index in [0.29, 0.717) is 25.0 Å². The van der Waals surface area contributed by atoms with Gasteiger partial charge in [0.1, 0.15) is 5.82 Å². The maximum atomic E-state index is 5.92. The van der Waals surface area contributed by atoms with Crippen LogP contribution in [0.2, 0.25) is 0 Å². The molecule has 2 aromatic carbocycles. The highest BCUT2D eigenvalue weighted by Gasteiger charge is 2.18. The van der Waals surface area contributed by atoms with Gasteiger partial charge in [-0.2, -0.15) is 4.98 Å². The summed E-state index contributed by atoms with van der Waals surface area (Å²) in [6, 6.07) is 8.12. The molecule has 0 bridgehead atoms. The molecule has 0 atom stereocenters. The fourth-order valence-corrected chi connectivity index (χ4v) is 3.21. The molecule has 0 aliphatic carbocycles. The predicted octanol–water partition coefficient (Wildman–Crippen LogP) is 4.66. The first kappa shape index (κ1) is 15.8. The highest BCUT2D eigenvalue weighted by atomic mass is 16.5. The number of hydrogen-bond acceptors (Lipinski definition) is 5. The third-order valence-electron chi connectivity index (χ3n) is 4.23. The van der Waals surface area contributed by atoms with Crippen molar-refractivity contribution in [3.05, 3.63) is 30.1 Å². The molecule has 128 valence electrons. The summed E-state index contributed by atoms with van der Waals surface area (Å²) >= 11 is 0. The topological polar surface area (TPSA) is 57.1 Å². The zero-order valence-corrected chi connectivity index (χ0v) is 14.8. The molecular formula is C20H21N3O2. The van der Waals surface area contributed by atoms with Crippen molar-refractivity contribution in [3.8, 4) is 11.8 Å². The molecular weight excluding hydrogens is 314 g/mol. The minimum Gasteiger partial charge on any atom is -0.477 e. The molecule has 2 heterocycles. The first-order valence-corrected chi connectivity index (χ1v) is 8.81. The van der Waals surface area contributed by atoms with Gasteiger partial charge in [-0.3, -0.25) is 0 Å². The number of pyridine rings is 1. The number of rotatable bonds is 6. The summed E-state index contributed by atoms with van der Waals surface area (Å²) in [6.07, 6.45) is 1.86. The van der Waals surface area contributed by atoms with Crippen molar-refractivity contribution in [3.63, 3.8) is 0 Å². The minimum atomic E-state index is 0.621. The molecule has 0 spiro atoms. The van der Waals surface area contributed by atoms with Gasteiger partial charge in [0.05, 0.1) is 24.2 Å². The third-order valence-corrected chi connectivity index (χ3v) is 4.23. The van der Waals surface area contributed by atoms with Crippen molar-refractivity contribution in [1.82, 2.24) is 15.0 Å². The van der Waals surface area contributed by atoms with E-state index in [4.69, 9.17) is 9.47 Å². The van der Waals surface area contributed by atoms with E-state index < -0.39 is 0 Å². The van der Waals surface area contributed by atoms with Gasteiger partial charge in [0, 0.05) is 21.5 Å². The van der Waals surface area contributed by atoms with E-state index in [-0.39, 0.29) is 0 Å². The number of aromatic nitrogens is 3. The predicted molar refractivity (Wildman–Crippen MR) is 99.8 cm³/mol. The zero-order chi connectivity index (χ0) is 17.4. The summed E-state index contributed by atoms with van der Waals surface area (Å²) in [5.74, 6) is 2.01. The van der Waals surface area contributed by atoms with Crippen molar-refractivity contribution in [2.75, 3.05) is 13.2 Å². The Bertz CT molecular complexity index is 970. The Balaban J connectivity index is 2.08. The van der Waals surface area contributed by atoms with Crippen LogP contribution in [0.1, 0.15) is 32.5 Å². The number of hydrogen-bond donors (Lipinski definition) is 0.